The fourth-order valence-corrected chi connectivity index (χ4v) is 1.84. The predicted octanol–water partition coefficient (Wildman–Crippen LogP) is 1.62. The molecule has 1 aliphatic rings. The van der Waals surface area contributed by atoms with Gasteiger partial charge in [0.1, 0.15) is 0 Å². The molecule has 16 heavy (non-hydrogen) atoms. The Morgan fingerprint density at radius 2 is 2.06 bits per heavy atom. The van der Waals surface area contributed by atoms with Gasteiger partial charge in [-0.3, -0.25) is 4.79 Å². The SMILES string of the molecule is CC1=NN(C(=O)c2ccccc2)C(C)(O)C1. The minimum absolute atomic E-state index is 0.276. The molecule has 1 unspecified atom stereocenters. The summed E-state index contributed by atoms with van der Waals surface area (Å²) in [7, 11) is 0. The molecule has 0 spiro atoms. The Morgan fingerprint density at radius 3 is 2.56 bits per heavy atom. The van der Waals surface area contributed by atoms with E-state index in [9.17, 15) is 9.90 Å². The molecule has 0 aromatic heterocycles. The number of carbonyl (C=O) groups is 1. The van der Waals surface area contributed by atoms with E-state index < -0.39 is 5.72 Å². The van der Waals surface area contributed by atoms with Crippen LogP contribution in [0.3, 0.4) is 0 Å². The Balaban J connectivity index is 2.30. The largest absolute Gasteiger partial charge is 0.369 e. The van der Waals surface area contributed by atoms with Gasteiger partial charge in [0, 0.05) is 17.7 Å². The molecule has 4 heteroatoms. The average molecular weight is 218 g/mol. The maximum absolute atomic E-state index is 12.1. The van der Waals surface area contributed by atoms with E-state index in [1.54, 1.807) is 38.1 Å². The molecule has 1 aromatic rings. The lowest BCUT2D eigenvalue weighted by atomic mass is 10.1. The third kappa shape index (κ3) is 1.84. The van der Waals surface area contributed by atoms with Gasteiger partial charge in [-0.2, -0.15) is 10.1 Å². The van der Waals surface area contributed by atoms with Crippen LogP contribution in [-0.4, -0.2) is 27.5 Å². The number of carbonyl (C=O) groups excluding carboxylic acids is 1. The molecule has 0 saturated heterocycles. The molecular formula is C12H14N2O2. The van der Waals surface area contributed by atoms with Gasteiger partial charge in [0.05, 0.1) is 0 Å². The van der Waals surface area contributed by atoms with Crippen LogP contribution in [0.15, 0.2) is 35.4 Å². The Labute approximate surface area is 94.2 Å². The molecule has 1 heterocycles. The van der Waals surface area contributed by atoms with E-state index in [0.29, 0.717) is 12.0 Å². The molecule has 1 aromatic carbocycles. The smallest absolute Gasteiger partial charge is 0.276 e. The van der Waals surface area contributed by atoms with E-state index >= 15 is 0 Å². The lowest BCUT2D eigenvalue weighted by Crippen LogP contribution is -2.43. The van der Waals surface area contributed by atoms with E-state index in [-0.39, 0.29) is 5.91 Å². The second-order valence-corrected chi connectivity index (χ2v) is 4.21. The monoisotopic (exact) mass is 218 g/mol. The predicted molar refractivity (Wildman–Crippen MR) is 61.0 cm³/mol. The van der Waals surface area contributed by atoms with Gasteiger partial charge in [0.2, 0.25) is 0 Å². The summed E-state index contributed by atoms with van der Waals surface area (Å²) in [6.07, 6.45) is 0.394. The fraction of sp³-hybridized carbons (Fsp3) is 0.333. The second-order valence-electron chi connectivity index (χ2n) is 4.21. The molecule has 0 saturated carbocycles. The van der Waals surface area contributed by atoms with Gasteiger partial charge in [-0.1, -0.05) is 18.2 Å². The van der Waals surface area contributed by atoms with Crippen molar-refractivity contribution in [2.75, 3.05) is 0 Å². The molecular weight excluding hydrogens is 204 g/mol. The van der Waals surface area contributed by atoms with E-state index in [4.69, 9.17) is 0 Å². The summed E-state index contributed by atoms with van der Waals surface area (Å²) in [4.78, 5) is 12.1. The summed E-state index contributed by atoms with van der Waals surface area (Å²) in [6.45, 7) is 3.39. The molecule has 2 rings (SSSR count). The van der Waals surface area contributed by atoms with Gasteiger partial charge in [-0.05, 0) is 26.0 Å². The van der Waals surface area contributed by atoms with Crippen LogP contribution in [0.25, 0.3) is 0 Å². The standard InChI is InChI=1S/C12H14N2O2/c1-9-8-12(2,16)14(13-9)11(15)10-6-4-3-5-7-10/h3-7,16H,8H2,1-2H3. The average Bonchev–Trinajstić information content (AvgIpc) is 2.52. The minimum Gasteiger partial charge on any atom is -0.369 e. The Morgan fingerprint density at radius 1 is 1.44 bits per heavy atom. The van der Waals surface area contributed by atoms with Crippen molar-refractivity contribution in [1.82, 2.24) is 5.01 Å². The highest BCUT2D eigenvalue weighted by Gasteiger charge is 2.39. The van der Waals surface area contributed by atoms with Gasteiger partial charge in [-0.15, -0.1) is 0 Å². The summed E-state index contributed by atoms with van der Waals surface area (Å²) >= 11 is 0. The number of hydrogen-bond donors (Lipinski definition) is 1. The van der Waals surface area contributed by atoms with Crippen molar-refractivity contribution in [2.45, 2.75) is 26.0 Å². The summed E-state index contributed by atoms with van der Waals surface area (Å²) < 4.78 is 0. The quantitative estimate of drug-likeness (QED) is 0.778. The van der Waals surface area contributed by atoms with Crippen LogP contribution < -0.4 is 0 Å². The molecule has 0 bridgehead atoms. The van der Waals surface area contributed by atoms with Gasteiger partial charge >= 0.3 is 0 Å². The number of amides is 1. The van der Waals surface area contributed by atoms with Gasteiger partial charge in [-0.25, -0.2) is 0 Å². The minimum atomic E-state index is -1.21. The van der Waals surface area contributed by atoms with Crippen LogP contribution in [-0.2, 0) is 0 Å². The lowest BCUT2D eigenvalue weighted by molar-refractivity contribution is -0.0553. The van der Waals surface area contributed by atoms with E-state index in [1.165, 1.54) is 0 Å². The van der Waals surface area contributed by atoms with Crippen molar-refractivity contribution in [3.8, 4) is 0 Å². The third-order valence-corrected chi connectivity index (χ3v) is 2.53. The van der Waals surface area contributed by atoms with Crippen LogP contribution in [0.1, 0.15) is 30.6 Å². The maximum atomic E-state index is 12.1. The summed E-state index contributed by atoms with van der Waals surface area (Å²) in [6, 6.07) is 8.83. The molecule has 84 valence electrons. The topological polar surface area (TPSA) is 52.9 Å². The van der Waals surface area contributed by atoms with Crippen LogP contribution in [0, 0.1) is 0 Å². The molecule has 4 nitrogen and oxygen atoms in total. The first-order chi connectivity index (χ1) is 7.50. The fourth-order valence-electron chi connectivity index (χ4n) is 1.84. The summed E-state index contributed by atoms with van der Waals surface area (Å²) in [5, 5.41) is 15.3. The molecule has 1 N–H and O–H groups in total. The molecule has 1 atom stereocenters. The van der Waals surface area contributed by atoms with Crippen molar-refractivity contribution in [1.29, 1.82) is 0 Å². The highest BCUT2D eigenvalue weighted by Crippen LogP contribution is 2.26. The highest BCUT2D eigenvalue weighted by molar-refractivity contribution is 5.97. The van der Waals surface area contributed by atoms with Crippen molar-refractivity contribution < 1.29 is 9.90 Å². The molecule has 1 aliphatic heterocycles. The first kappa shape index (κ1) is 10.8. The first-order valence-electron chi connectivity index (χ1n) is 5.17. The maximum Gasteiger partial charge on any atom is 0.276 e. The molecule has 0 radical (unpaired) electrons. The van der Waals surface area contributed by atoms with E-state index in [2.05, 4.69) is 5.10 Å². The number of hydrogen-bond acceptors (Lipinski definition) is 3. The Bertz CT molecular complexity index is 438. The zero-order chi connectivity index (χ0) is 11.8. The van der Waals surface area contributed by atoms with Crippen molar-refractivity contribution in [3.63, 3.8) is 0 Å². The zero-order valence-electron chi connectivity index (χ0n) is 9.34. The molecule has 0 fully saturated rings. The number of rotatable bonds is 1. The molecule has 1 amide bonds. The van der Waals surface area contributed by atoms with Gasteiger partial charge < -0.3 is 5.11 Å². The zero-order valence-corrected chi connectivity index (χ0v) is 9.34. The van der Waals surface area contributed by atoms with Crippen LogP contribution >= 0.6 is 0 Å². The van der Waals surface area contributed by atoms with E-state index in [1.807, 2.05) is 6.07 Å². The summed E-state index contributed by atoms with van der Waals surface area (Å²) in [5.74, 6) is -0.276. The second kappa shape index (κ2) is 3.72. The normalized spacial score (nSPS) is 24.4. The van der Waals surface area contributed by atoms with E-state index in [0.717, 1.165) is 10.7 Å². The van der Waals surface area contributed by atoms with Crippen LogP contribution in [0.5, 0.6) is 0 Å². The number of nitrogens with zero attached hydrogens (tertiary/aromatic N) is 2. The number of hydrazone groups is 1. The van der Waals surface area contributed by atoms with Crippen LogP contribution in [0.2, 0.25) is 0 Å². The third-order valence-electron chi connectivity index (χ3n) is 2.53. The first-order valence-corrected chi connectivity index (χ1v) is 5.17. The summed E-state index contributed by atoms with van der Waals surface area (Å²) in [5.41, 5.74) is 0.0762. The van der Waals surface area contributed by atoms with Crippen molar-refractivity contribution in [3.05, 3.63) is 35.9 Å². The van der Waals surface area contributed by atoms with Crippen molar-refractivity contribution >= 4 is 11.6 Å². The number of aliphatic hydroxyl groups is 1. The van der Waals surface area contributed by atoms with Gasteiger partial charge in [0.25, 0.3) is 5.91 Å². The van der Waals surface area contributed by atoms with Gasteiger partial charge in [0.15, 0.2) is 5.72 Å². The number of benzene rings is 1. The van der Waals surface area contributed by atoms with Crippen LogP contribution in [0.4, 0.5) is 0 Å². The Kier molecular flexibility index (Phi) is 2.52. The Hall–Kier alpha value is -1.68. The highest BCUT2D eigenvalue weighted by atomic mass is 16.3. The lowest BCUT2D eigenvalue weighted by Gasteiger charge is -2.26. The van der Waals surface area contributed by atoms with Crippen molar-refractivity contribution in [2.24, 2.45) is 5.10 Å². The molecule has 0 aliphatic carbocycles.